The highest BCUT2D eigenvalue weighted by Crippen LogP contribution is 2.42. The van der Waals surface area contributed by atoms with Crippen LogP contribution in [0, 0.1) is 11.8 Å². The normalized spacial score (nSPS) is 38.9. The Labute approximate surface area is 97.5 Å². The fourth-order valence-corrected chi connectivity index (χ4v) is 2.59. The Hall–Kier alpha value is -0.410. The summed E-state index contributed by atoms with van der Waals surface area (Å²) in [5.41, 5.74) is 0. The Morgan fingerprint density at radius 2 is 2.19 bits per heavy atom. The highest BCUT2D eigenvalue weighted by Gasteiger charge is 2.46. The minimum Gasteiger partial charge on any atom is -0.378 e. The molecule has 0 N–H and O–H groups in total. The SMILES string of the molecule is CC(CCC=O)OCC1CC2OC2CC1C. The Morgan fingerprint density at radius 1 is 1.44 bits per heavy atom. The summed E-state index contributed by atoms with van der Waals surface area (Å²) in [4.78, 5) is 10.2. The number of hydrogen-bond acceptors (Lipinski definition) is 3. The molecule has 0 aromatic heterocycles. The molecule has 0 spiro atoms. The summed E-state index contributed by atoms with van der Waals surface area (Å²) in [6.45, 7) is 5.17. The van der Waals surface area contributed by atoms with Gasteiger partial charge in [0.15, 0.2) is 0 Å². The second kappa shape index (κ2) is 5.28. The molecule has 0 amide bonds. The standard InChI is InChI=1S/C13H22O3/c1-9-6-12-13(16-12)7-11(9)8-15-10(2)4-3-5-14/h5,9-13H,3-4,6-8H2,1-2H3. The molecule has 3 heteroatoms. The molecule has 0 aromatic rings. The first kappa shape index (κ1) is 12.1. The van der Waals surface area contributed by atoms with E-state index in [9.17, 15) is 4.79 Å². The van der Waals surface area contributed by atoms with Crippen molar-refractivity contribution >= 4 is 6.29 Å². The Morgan fingerprint density at radius 3 is 2.94 bits per heavy atom. The summed E-state index contributed by atoms with van der Waals surface area (Å²) in [5, 5.41) is 0. The average molecular weight is 226 g/mol. The molecule has 2 fully saturated rings. The van der Waals surface area contributed by atoms with Crippen LogP contribution in [0.4, 0.5) is 0 Å². The van der Waals surface area contributed by atoms with Crippen LogP contribution in [0.2, 0.25) is 0 Å². The van der Waals surface area contributed by atoms with Gasteiger partial charge in [-0.2, -0.15) is 0 Å². The van der Waals surface area contributed by atoms with Crippen LogP contribution >= 0.6 is 0 Å². The number of hydrogen-bond donors (Lipinski definition) is 0. The van der Waals surface area contributed by atoms with Gasteiger partial charge in [-0.3, -0.25) is 0 Å². The third-order valence-electron chi connectivity index (χ3n) is 3.92. The van der Waals surface area contributed by atoms with Gasteiger partial charge >= 0.3 is 0 Å². The topological polar surface area (TPSA) is 38.8 Å². The lowest BCUT2D eigenvalue weighted by Gasteiger charge is -2.27. The van der Waals surface area contributed by atoms with Gasteiger partial charge in [0.2, 0.25) is 0 Å². The number of ether oxygens (including phenoxy) is 2. The van der Waals surface area contributed by atoms with Crippen molar-refractivity contribution in [2.75, 3.05) is 6.61 Å². The van der Waals surface area contributed by atoms with Gasteiger partial charge in [0.05, 0.1) is 24.9 Å². The first-order valence-electron chi connectivity index (χ1n) is 6.41. The fraction of sp³-hybridized carbons (Fsp3) is 0.923. The second-order valence-electron chi connectivity index (χ2n) is 5.31. The summed E-state index contributed by atoms with van der Waals surface area (Å²) < 4.78 is 11.4. The number of epoxide rings is 1. The largest absolute Gasteiger partial charge is 0.378 e. The van der Waals surface area contributed by atoms with Crippen LogP contribution in [0.25, 0.3) is 0 Å². The van der Waals surface area contributed by atoms with E-state index >= 15 is 0 Å². The zero-order valence-electron chi connectivity index (χ0n) is 10.2. The van der Waals surface area contributed by atoms with Crippen molar-refractivity contribution in [1.29, 1.82) is 0 Å². The van der Waals surface area contributed by atoms with Crippen LogP contribution in [0.1, 0.15) is 39.5 Å². The second-order valence-corrected chi connectivity index (χ2v) is 5.31. The van der Waals surface area contributed by atoms with Crippen LogP contribution in [-0.2, 0) is 14.3 Å². The quantitative estimate of drug-likeness (QED) is 0.515. The van der Waals surface area contributed by atoms with Crippen LogP contribution < -0.4 is 0 Å². The van der Waals surface area contributed by atoms with E-state index in [0.717, 1.165) is 25.7 Å². The van der Waals surface area contributed by atoms with Crippen LogP contribution in [0.3, 0.4) is 0 Å². The molecule has 1 aliphatic heterocycles. The summed E-state index contributed by atoms with van der Waals surface area (Å²) in [7, 11) is 0. The molecule has 2 aliphatic rings. The van der Waals surface area contributed by atoms with E-state index in [2.05, 4.69) is 6.92 Å². The highest BCUT2D eigenvalue weighted by atomic mass is 16.6. The van der Waals surface area contributed by atoms with Gasteiger partial charge in [-0.15, -0.1) is 0 Å². The molecule has 0 aromatic carbocycles. The molecule has 1 saturated heterocycles. The van der Waals surface area contributed by atoms with Gasteiger partial charge in [-0.05, 0) is 38.0 Å². The first-order chi connectivity index (χ1) is 7.70. The molecular formula is C13H22O3. The number of rotatable bonds is 6. The zero-order chi connectivity index (χ0) is 11.5. The summed E-state index contributed by atoms with van der Waals surface area (Å²) >= 11 is 0. The van der Waals surface area contributed by atoms with Gasteiger partial charge < -0.3 is 14.3 Å². The van der Waals surface area contributed by atoms with Crippen molar-refractivity contribution < 1.29 is 14.3 Å². The predicted octanol–water partition coefficient (Wildman–Crippen LogP) is 2.18. The third kappa shape index (κ3) is 3.05. The number of aldehydes is 1. The lowest BCUT2D eigenvalue weighted by atomic mass is 9.81. The lowest BCUT2D eigenvalue weighted by molar-refractivity contribution is -0.108. The maximum atomic E-state index is 10.2. The zero-order valence-corrected chi connectivity index (χ0v) is 10.2. The van der Waals surface area contributed by atoms with E-state index < -0.39 is 0 Å². The third-order valence-corrected chi connectivity index (χ3v) is 3.92. The molecule has 3 nitrogen and oxygen atoms in total. The molecule has 92 valence electrons. The molecule has 1 heterocycles. The van der Waals surface area contributed by atoms with E-state index in [1.165, 1.54) is 6.42 Å². The molecule has 0 bridgehead atoms. The molecule has 16 heavy (non-hydrogen) atoms. The van der Waals surface area contributed by atoms with Crippen molar-refractivity contribution in [2.24, 2.45) is 11.8 Å². The fourth-order valence-electron chi connectivity index (χ4n) is 2.59. The van der Waals surface area contributed by atoms with E-state index in [1.807, 2.05) is 6.92 Å². The lowest BCUT2D eigenvalue weighted by Crippen LogP contribution is -2.27. The maximum absolute atomic E-state index is 10.2. The van der Waals surface area contributed by atoms with Gasteiger partial charge in [-0.25, -0.2) is 0 Å². The van der Waals surface area contributed by atoms with E-state index in [4.69, 9.17) is 9.47 Å². The van der Waals surface area contributed by atoms with Crippen LogP contribution in [-0.4, -0.2) is 31.2 Å². The van der Waals surface area contributed by atoms with Gasteiger partial charge in [0.25, 0.3) is 0 Å². The first-order valence-corrected chi connectivity index (χ1v) is 6.41. The van der Waals surface area contributed by atoms with E-state index in [-0.39, 0.29) is 6.10 Å². The summed E-state index contributed by atoms with van der Waals surface area (Å²) in [5.74, 6) is 1.35. The van der Waals surface area contributed by atoms with Crippen molar-refractivity contribution in [3.63, 3.8) is 0 Å². The Kier molecular flexibility index (Phi) is 3.98. The molecule has 1 saturated carbocycles. The average Bonchev–Trinajstić information content (AvgIpc) is 3.00. The predicted molar refractivity (Wildman–Crippen MR) is 61.3 cm³/mol. The molecule has 2 rings (SSSR count). The van der Waals surface area contributed by atoms with Gasteiger partial charge in [0, 0.05) is 6.42 Å². The summed E-state index contributed by atoms with van der Waals surface area (Å²) in [6, 6.07) is 0. The number of carbonyl (C=O) groups excluding carboxylic acids is 1. The molecule has 5 unspecified atom stereocenters. The van der Waals surface area contributed by atoms with Crippen LogP contribution in [0.5, 0.6) is 0 Å². The minimum atomic E-state index is 0.204. The smallest absolute Gasteiger partial charge is 0.120 e. The van der Waals surface area contributed by atoms with Gasteiger partial charge in [-0.1, -0.05) is 6.92 Å². The summed E-state index contributed by atoms with van der Waals surface area (Å²) in [6.07, 6.45) is 6.05. The maximum Gasteiger partial charge on any atom is 0.120 e. The molecule has 0 radical (unpaired) electrons. The number of carbonyl (C=O) groups is 1. The number of fused-ring (bicyclic) bond motifs is 1. The minimum absolute atomic E-state index is 0.204. The molecule has 1 aliphatic carbocycles. The highest BCUT2D eigenvalue weighted by molar-refractivity contribution is 5.49. The van der Waals surface area contributed by atoms with Crippen LogP contribution in [0.15, 0.2) is 0 Å². The van der Waals surface area contributed by atoms with Gasteiger partial charge in [0.1, 0.15) is 6.29 Å². The van der Waals surface area contributed by atoms with E-state index in [0.29, 0.717) is 30.5 Å². The van der Waals surface area contributed by atoms with Crippen molar-refractivity contribution in [2.45, 2.75) is 57.8 Å². The Balaban J connectivity index is 1.66. The van der Waals surface area contributed by atoms with E-state index in [1.54, 1.807) is 0 Å². The Bertz CT molecular complexity index is 241. The monoisotopic (exact) mass is 226 g/mol. The molecule has 5 atom stereocenters. The van der Waals surface area contributed by atoms with Crippen molar-refractivity contribution in [3.05, 3.63) is 0 Å². The van der Waals surface area contributed by atoms with Crippen molar-refractivity contribution in [3.8, 4) is 0 Å². The molecular weight excluding hydrogens is 204 g/mol. The van der Waals surface area contributed by atoms with Crippen molar-refractivity contribution in [1.82, 2.24) is 0 Å².